The summed E-state index contributed by atoms with van der Waals surface area (Å²) in [6.07, 6.45) is 0. The highest BCUT2D eigenvalue weighted by Gasteiger charge is 2.43. The molecular weight excluding hydrogens is 351 g/mol. The van der Waals surface area contributed by atoms with Crippen molar-refractivity contribution in [1.82, 2.24) is 0 Å². The quantitative estimate of drug-likeness (QED) is 0.600. The second-order valence-corrected chi connectivity index (χ2v) is 6.36. The number of halogens is 1. The lowest BCUT2D eigenvalue weighted by molar-refractivity contribution is -0.136. The lowest BCUT2D eigenvalue weighted by Crippen LogP contribution is -2.32. The fourth-order valence-corrected chi connectivity index (χ4v) is 3.50. The average Bonchev–Trinajstić information content (AvgIpc) is 2.60. The minimum absolute atomic E-state index is 0.0301. The molecule has 2 heterocycles. The summed E-state index contributed by atoms with van der Waals surface area (Å²) in [5, 5.41) is -0.205. The van der Waals surface area contributed by atoms with Crippen LogP contribution in [0.25, 0.3) is 15.8 Å². The van der Waals surface area contributed by atoms with E-state index in [2.05, 4.69) is 9.84 Å². The molecule has 27 heavy (non-hydrogen) atoms. The Morgan fingerprint density at radius 2 is 2.04 bits per heavy atom. The summed E-state index contributed by atoms with van der Waals surface area (Å²) in [5.41, 5.74) is 1.02. The van der Waals surface area contributed by atoms with Crippen molar-refractivity contribution >= 4 is 22.7 Å². The van der Waals surface area contributed by atoms with Crippen LogP contribution in [0.1, 0.15) is 31.1 Å². The van der Waals surface area contributed by atoms with E-state index in [0.29, 0.717) is 22.7 Å². The fraction of sp³-hybridized carbons (Fsp3) is 0.300. The molecule has 0 bridgehead atoms. The van der Waals surface area contributed by atoms with E-state index >= 15 is 0 Å². The van der Waals surface area contributed by atoms with E-state index in [-0.39, 0.29) is 16.5 Å². The molecule has 2 unspecified atom stereocenters. The molecule has 0 amide bonds. The number of carbonyl (C=O) groups excluding carboxylic acids is 1. The molecule has 0 fully saturated rings. The molecule has 3 rings (SSSR count). The third-order valence-corrected chi connectivity index (χ3v) is 4.65. The van der Waals surface area contributed by atoms with Gasteiger partial charge in [-0.2, -0.15) is 0 Å². The van der Waals surface area contributed by atoms with E-state index in [1.807, 2.05) is 0 Å². The number of aliphatic imine (C=N–C) groups is 1. The van der Waals surface area contributed by atoms with E-state index < -0.39 is 29.2 Å². The van der Waals surface area contributed by atoms with Gasteiger partial charge in [-0.15, -0.1) is 0 Å². The number of esters is 1. The zero-order chi connectivity index (χ0) is 19.9. The van der Waals surface area contributed by atoms with Gasteiger partial charge in [0.05, 0.1) is 18.4 Å². The first-order valence-corrected chi connectivity index (χ1v) is 8.23. The summed E-state index contributed by atoms with van der Waals surface area (Å²) in [5.74, 6) is -1.83. The molecule has 7 heteroatoms. The predicted molar refractivity (Wildman–Crippen MR) is 98.1 cm³/mol. The number of hydrogen-bond acceptors (Lipinski definition) is 5. The molecule has 1 aliphatic heterocycles. The number of methoxy groups -OCH3 is 1. The highest BCUT2D eigenvalue weighted by atomic mass is 19.1. The van der Waals surface area contributed by atoms with Gasteiger partial charge in [-0.1, -0.05) is 6.07 Å². The molecule has 138 valence electrons. The van der Waals surface area contributed by atoms with Crippen molar-refractivity contribution in [3.8, 4) is 0 Å². The van der Waals surface area contributed by atoms with Crippen molar-refractivity contribution in [2.75, 3.05) is 7.11 Å². The van der Waals surface area contributed by atoms with Gasteiger partial charge in [0.1, 0.15) is 28.5 Å². The van der Waals surface area contributed by atoms with Gasteiger partial charge in [-0.3, -0.25) is 9.79 Å². The highest BCUT2D eigenvalue weighted by Crippen LogP contribution is 2.40. The van der Waals surface area contributed by atoms with Crippen LogP contribution in [0.3, 0.4) is 0 Å². The predicted octanol–water partition coefficient (Wildman–Crippen LogP) is 3.53. The smallest absolute Gasteiger partial charge is 0.336 e. The van der Waals surface area contributed by atoms with Crippen LogP contribution in [0.15, 0.2) is 43.7 Å². The van der Waals surface area contributed by atoms with E-state index in [4.69, 9.17) is 15.7 Å². The first kappa shape index (κ1) is 18.5. The maximum Gasteiger partial charge on any atom is 0.336 e. The van der Waals surface area contributed by atoms with E-state index in [0.717, 1.165) is 6.07 Å². The monoisotopic (exact) mass is 368 g/mol. The van der Waals surface area contributed by atoms with Gasteiger partial charge in [-0.25, -0.2) is 15.8 Å². The zero-order valence-corrected chi connectivity index (χ0v) is 15.3. The lowest BCUT2D eigenvalue weighted by atomic mass is 9.79. The van der Waals surface area contributed by atoms with Crippen molar-refractivity contribution in [3.63, 3.8) is 0 Å². The molecule has 1 aliphatic rings. The summed E-state index contributed by atoms with van der Waals surface area (Å²) in [7, 11) is 1.24. The minimum Gasteiger partial charge on any atom is -0.466 e. The Kier molecular flexibility index (Phi) is 4.66. The summed E-state index contributed by atoms with van der Waals surface area (Å²) >= 11 is 0. The SMILES string of the molecule is [C-]#[N+]C1C(C)=NC(C)=C(C(=O)OC)C1c1ccc(F)c2c(=O)cc(C)oc12. The highest BCUT2D eigenvalue weighted by molar-refractivity contribution is 6.01. The largest absolute Gasteiger partial charge is 0.466 e. The van der Waals surface area contributed by atoms with Gasteiger partial charge in [0.15, 0.2) is 5.43 Å². The maximum absolute atomic E-state index is 14.3. The van der Waals surface area contributed by atoms with Crippen molar-refractivity contribution < 1.29 is 18.3 Å². The Hall–Kier alpha value is -3.27. The molecule has 0 radical (unpaired) electrons. The zero-order valence-electron chi connectivity index (χ0n) is 15.3. The minimum atomic E-state index is -0.803. The molecule has 0 saturated carbocycles. The van der Waals surface area contributed by atoms with Crippen LogP contribution in [0, 0.1) is 19.3 Å². The Morgan fingerprint density at radius 1 is 1.33 bits per heavy atom. The Bertz CT molecular complexity index is 1120. The molecule has 2 atom stereocenters. The molecular formula is C20H17FN2O4. The van der Waals surface area contributed by atoms with E-state index in [1.165, 1.54) is 19.2 Å². The molecule has 0 spiro atoms. The van der Waals surface area contributed by atoms with Gasteiger partial charge in [0, 0.05) is 17.3 Å². The summed E-state index contributed by atoms with van der Waals surface area (Å²) in [6, 6.07) is 2.99. The summed E-state index contributed by atoms with van der Waals surface area (Å²) < 4.78 is 24.9. The van der Waals surface area contributed by atoms with Crippen LogP contribution in [-0.2, 0) is 9.53 Å². The van der Waals surface area contributed by atoms with E-state index in [9.17, 15) is 14.0 Å². The summed E-state index contributed by atoms with van der Waals surface area (Å²) in [6.45, 7) is 12.5. The number of rotatable bonds is 2. The Morgan fingerprint density at radius 3 is 2.67 bits per heavy atom. The molecule has 1 aromatic heterocycles. The van der Waals surface area contributed by atoms with Crippen molar-refractivity contribution in [3.05, 3.63) is 68.3 Å². The molecule has 0 aliphatic carbocycles. The Balaban J connectivity index is 2.42. The van der Waals surface area contributed by atoms with Crippen LogP contribution in [0.2, 0.25) is 0 Å². The number of aryl methyl sites for hydroxylation is 1. The number of benzene rings is 1. The molecule has 6 nitrogen and oxygen atoms in total. The number of allylic oxidation sites excluding steroid dienone is 1. The van der Waals surface area contributed by atoms with Crippen LogP contribution < -0.4 is 5.43 Å². The number of hydrogen-bond donors (Lipinski definition) is 0. The Labute approximate surface area is 154 Å². The molecule has 2 aromatic rings. The molecule has 0 saturated heterocycles. The van der Waals surface area contributed by atoms with Crippen LogP contribution in [-0.4, -0.2) is 24.8 Å². The van der Waals surface area contributed by atoms with Crippen LogP contribution in [0.5, 0.6) is 0 Å². The van der Waals surface area contributed by atoms with Gasteiger partial charge >= 0.3 is 5.97 Å². The van der Waals surface area contributed by atoms with Gasteiger partial charge in [-0.05, 0) is 26.8 Å². The van der Waals surface area contributed by atoms with Gasteiger partial charge < -0.3 is 14.0 Å². The van der Waals surface area contributed by atoms with E-state index in [1.54, 1.807) is 20.8 Å². The topological polar surface area (TPSA) is 73.2 Å². The fourth-order valence-electron chi connectivity index (χ4n) is 3.50. The number of nitrogens with zero attached hydrogens (tertiary/aromatic N) is 2. The molecule has 1 aromatic carbocycles. The van der Waals surface area contributed by atoms with Crippen molar-refractivity contribution in [2.24, 2.45) is 4.99 Å². The van der Waals surface area contributed by atoms with Gasteiger partial charge in [0.2, 0.25) is 0 Å². The standard InChI is InChI=1S/C20H17FN2O4/c1-9-8-14(24)17-13(21)7-6-12(19(17)27-9)16-15(20(25)26-5)10(2)23-11(3)18(16)22-4/h6-8,16,18H,1-3,5H3. The second kappa shape index (κ2) is 6.80. The third kappa shape index (κ3) is 2.93. The van der Waals surface area contributed by atoms with Gasteiger partial charge in [0.25, 0.3) is 6.04 Å². The third-order valence-electron chi connectivity index (χ3n) is 4.65. The van der Waals surface area contributed by atoms with Crippen molar-refractivity contribution in [2.45, 2.75) is 32.7 Å². The normalized spacial score (nSPS) is 19.6. The number of ether oxygens (including phenoxy) is 1. The lowest BCUT2D eigenvalue weighted by Gasteiger charge is -2.26. The van der Waals surface area contributed by atoms with Crippen LogP contribution >= 0.6 is 0 Å². The molecule has 0 N–H and O–H groups in total. The maximum atomic E-state index is 14.3. The van der Waals surface area contributed by atoms with Crippen molar-refractivity contribution in [1.29, 1.82) is 0 Å². The second-order valence-electron chi connectivity index (χ2n) is 6.36. The average molecular weight is 368 g/mol. The number of fused-ring (bicyclic) bond motifs is 1. The first-order valence-electron chi connectivity index (χ1n) is 8.23. The number of carbonyl (C=O) groups is 1. The van der Waals surface area contributed by atoms with Crippen LogP contribution in [0.4, 0.5) is 4.39 Å². The first-order chi connectivity index (χ1) is 12.8. The summed E-state index contributed by atoms with van der Waals surface area (Å²) in [4.78, 5) is 32.7.